The maximum absolute atomic E-state index is 10.4. The van der Waals surface area contributed by atoms with Crippen molar-refractivity contribution in [1.82, 2.24) is 0 Å². The molecule has 0 aliphatic heterocycles. The molecule has 0 spiro atoms. The fourth-order valence-corrected chi connectivity index (χ4v) is 2.42. The van der Waals surface area contributed by atoms with Gasteiger partial charge >= 0.3 is 5.97 Å². The molecule has 1 heterocycles. The fourth-order valence-electron chi connectivity index (χ4n) is 1.57. The van der Waals surface area contributed by atoms with Gasteiger partial charge in [-0.1, -0.05) is 26.7 Å². The highest BCUT2D eigenvalue weighted by atomic mass is 32.1. The Bertz CT molecular complexity index is 391. The Morgan fingerprint density at radius 3 is 2.78 bits per heavy atom. The molecule has 1 rings (SSSR count). The molecular formula is C14H20O3S. The molecule has 18 heavy (non-hydrogen) atoms. The molecule has 0 fully saturated rings. The Hall–Kier alpha value is -1.13. The van der Waals surface area contributed by atoms with Crippen molar-refractivity contribution in [2.75, 3.05) is 6.61 Å². The van der Waals surface area contributed by atoms with E-state index in [-0.39, 0.29) is 0 Å². The van der Waals surface area contributed by atoms with Gasteiger partial charge < -0.3 is 9.84 Å². The number of hydrogen-bond acceptors (Lipinski definition) is 3. The standard InChI is InChI=1S/C14H20O3S/c1-3-11(4-2)9-17-10-13-6-5-12(18-13)7-8-14(15)16/h5-8,11H,3-4,9-10H2,1-2H3,(H,15,16)/b8-7+. The van der Waals surface area contributed by atoms with Crippen molar-refractivity contribution in [3.05, 3.63) is 28.0 Å². The largest absolute Gasteiger partial charge is 0.478 e. The summed E-state index contributed by atoms with van der Waals surface area (Å²) in [6.45, 7) is 5.77. The lowest BCUT2D eigenvalue weighted by Crippen LogP contribution is -2.06. The molecule has 1 N–H and O–H groups in total. The van der Waals surface area contributed by atoms with Crippen LogP contribution in [-0.4, -0.2) is 17.7 Å². The minimum atomic E-state index is -0.921. The Balaban J connectivity index is 2.37. The van der Waals surface area contributed by atoms with E-state index in [0.717, 1.165) is 35.3 Å². The van der Waals surface area contributed by atoms with E-state index >= 15 is 0 Å². The molecule has 0 radical (unpaired) electrons. The fraction of sp³-hybridized carbons (Fsp3) is 0.500. The van der Waals surface area contributed by atoms with Crippen LogP contribution in [0.4, 0.5) is 0 Å². The molecule has 1 aromatic heterocycles. The average Bonchev–Trinajstić information content (AvgIpc) is 2.80. The van der Waals surface area contributed by atoms with E-state index in [0.29, 0.717) is 12.5 Å². The van der Waals surface area contributed by atoms with Gasteiger partial charge in [-0.2, -0.15) is 0 Å². The van der Waals surface area contributed by atoms with Crippen LogP contribution in [0.1, 0.15) is 36.4 Å². The lowest BCUT2D eigenvalue weighted by molar-refractivity contribution is -0.131. The van der Waals surface area contributed by atoms with Gasteiger partial charge in [0.1, 0.15) is 0 Å². The first kappa shape index (κ1) is 14.9. The molecule has 0 aliphatic carbocycles. The molecular weight excluding hydrogens is 248 g/mol. The molecule has 1 aromatic rings. The van der Waals surface area contributed by atoms with Crippen LogP contribution in [0, 0.1) is 5.92 Å². The van der Waals surface area contributed by atoms with Crippen molar-refractivity contribution in [3.63, 3.8) is 0 Å². The first-order valence-electron chi connectivity index (χ1n) is 6.23. The zero-order valence-electron chi connectivity index (χ0n) is 10.9. The number of carbonyl (C=O) groups is 1. The number of carboxylic acid groups (broad SMARTS) is 1. The topological polar surface area (TPSA) is 46.5 Å². The van der Waals surface area contributed by atoms with E-state index in [4.69, 9.17) is 9.84 Å². The van der Waals surface area contributed by atoms with Crippen molar-refractivity contribution in [2.24, 2.45) is 5.92 Å². The summed E-state index contributed by atoms with van der Waals surface area (Å²) in [5, 5.41) is 8.53. The zero-order valence-corrected chi connectivity index (χ0v) is 11.7. The molecule has 100 valence electrons. The smallest absolute Gasteiger partial charge is 0.328 e. The van der Waals surface area contributed by atoms with Crippen molar-refractivity contribution in [3.8, 4) is 0 Å². The minimum absolute atomic E-state index is 0.613. The highest BCUT2D eigenvalue weighted by Gasteiger charge is 2.04. The van der Waals surface area contributed by atoms with Gasteiger partial charge in [-0.05, 0) is 24.1 Å². The summed E-state index contributed by atoms with van der Waals surface area (Å²) < 4.78 is 5.67. The molecule has 4 heteroatoms. The maximum Gasteiger partial charge on any atom is 0.328 e. The summed E-state index contributed by atoms with van der Waals surface area (Å²) in [7, 11) is 0. The number of hydrogen-bond donors (Lipinski definition) is 1. The Kier molecular flexibility index (Phi) is 6.68. The monoisotopic (exact) mass is 268 g/mol. The summed E-state index contributed by atoms with van der Waals surface area (Å²) in [5.74, 6) is -0.286. The second-order valence-corrected chi connectivity index (χ2v) is 5.37. The van der Waals surface area contributed by atoms with E-state index in [1.807, 2.05) is 12.1 Å². The summed E-state index contributed by atoms with van der Waals surface area (Å²) in [4.78, 5) is 12.5. The summed E-state index contributed by atoms with van der Waals surface area (Å²) in [5.41, 5.74) is 0. The number of rotatable bonds is 8. The van der Waals surface area contributed by atoms with Gasteiger partial charge in [-0.25, -0.2) is 4.79 Å². The molecule has 0 saturated heterocycles. The van der Waals surface area contributed by atoms with Crippen molar-refractivity contribution < 1.29 is 14.6 Å². The first-order valence-corrected chi connectivity index (χ1v) is 7.04. The van der Waals surface area contributed by atoms with Gasteiger partial charge in [0.05, 0.1) is 6.61 Å². The highest BCUT2D eigenvalue weighted by molar-refractivity contribution is 7.12. The zero-order chi connectivity index (χ0) is 13.4. The molecule has 0 unspecified atom stereocenters. The normalized spacial score (nSPS) is 11.5. The second kappa shape index (κ2) is 8.06. The van der Waals surface area contributed by atoms with Crippen LogP contribution in [0.15, 0.2) is 18.2 Å². The van der Waals surface area contributed by atoms with Gasteiger partial charge in [0, 0.05) is 22.4 Å². The predicted molar refractivity (Wildman–Crippen MR) is 74.7 cm³/mol. The van der Waals surface area contributed by atoms with Crippen LogP contribution < -0.4 is 0 Å². The number of thiophene rings is 1. The van der Waals surface area contributed by atoms with E-state index < -0.39 is 5.97 Å². The Morgan fingerprint density at radius 1 is 1.44 bits per heavy atom. The average molecular weight is 268 g/mol. The van der Waals surface area contributed by atoms with Gasteiger partial charge in [-0.15, -0.1) is 11.3 Å². The van der Waals surface area contributed by atoms with Crippen LogP contribution in [0.3, 0.4) is 0 Å². The van der Waals surface area contributed by atoms with E-state index in [1.165, 1.54) is 0 Å². The maximum atomic E-state index is 10.4. The number of ether oxygens (including phenoxy) is 1. The molecule has 0 bridgehead atoms. The lowest BCUT2D eigenvalue weighted by atomic mass is 10.1. The van der Waals surface area contributed by atoms with Crippen LogP contribution in [-0.2, 0) is 16.1 Å². The minimum Gasteiger partial charge on any atom is -0.478 e. The van der Waals surface area contributed by atoms with E-state index in [9.17, 15) is 4.79 Å². The van der Waals surface area contributed by atoms with Gasteiger partial charge in [0.2, 0.25) is 0 Å². The molecule has 0 aromatic carbocycles. The van der Waals surface area contributed by atoms with Crippen LogP contribution >= 0.6 is 11.3 Å². The van der Waals surface area contributed by atoms with Crippen molar-refractivity contribution in [1.29, 1.82) is 0 Å². The van der Waals surface area contributed by atoms with Crippen molar-refractivity contribution in [2.45, 2.75) is 33.3 Å². The SMILES string of the molecule is CCC(CC)COCc1ccc(/C=C/C(=O)O)s1. The van der Waals surface area contributed by atoms with E-state index in [1.54, 1.807) is 17.4 Å². The highest BCUT2D eigenvalue weighted by Crippen LogP contribution is 2.19. The Labute approximate surface area is 112 Å². The third-order valence-electron chi connectivity index (χ3n) is 2.83. The lowest BCUT2D eigenvalue weighted by Gasteiger charge is -2.11. The first-order chi connectivity index (χ1) is 8.65. The molecule has 0 amide bonds. The van der Waals surface area contributed by atoms with Crippen LogP contribution in [0.5, 0.6) is 0 Å². The van der Waals surface area contributed by atoms with E-state index in [2.05, 4.69) is 13.8 Å². The van der Waals surface area contributed by atoms with Gasteiger partial charge in [-0.3, -0.25) is 0 Å². The molecule has 0 aliphatic rings. The third-order valence-corrected chi connectivity index (χ3v) is 3.85. The van der Waals surface area contributed by atoms with Crippen LogP contribution in [0.2, 0.25) is 0 Å². The Morgan fingerprint density at radius 2 is 2.17 bits per heavy atom. The van der Waals surface area contributed by atoms with Crippen molar-refractivity contribution >= 4 is 23.4 Å². The van der Waals surface area contributed by atoms with Gasteiger partial charge in [0.15, 0.2) is 0 Å². The summed E-state index contributed by atoms with van der Waals surface area (Å²) in [6.07, 6.45) is 5.05. The molecule has 0 saturated carbocycles. The summed E-state index contributed by atoms with van der Waals surface area (Å²) >= 11 is 1.57. The number of aliphatic carboxylic acids is 1. The molecule has 3 nitrogen and oxygen atoms in total. The third kappa shape index (κ3) is 5.47. The predicted octanol–water partition coefficient (Wildman–Crippen LogP) is 3.80. The quantitative estimate of drug-likeness (QED) is 0.729. The number of carboxylic acids is 1. The van der Waals surface area contributed by atoms with Gasteiger partial charge in [0.25, 0.3) is 0 Å². The van der Waals surface area contributed by atoms with Crippen LogP contribution in [0.25, 0.3) is 6.08 Å². The second-order valence-electron chi connectivity index (χ2n) is 4.17. The summed E-state index contributed by atoms with van der Waals surface area (Å²) in [6, 6.07) is 3.90. The molecule has 0 atom stereocenters.